The van der Waals surface area contributed by atoms with Crippen LogP contribution in [-0.2, 0) is 28.7 Å². The van der Waals surface area contributed by atoms with E-state index in [-0.39, 0.29) is 24.0 Å². The highest BCUT2D eigenvalue weighted by Crippen LogP contribution is 2.22. The van der Waals surface area contributed by atoms with Crippen molar-refractivity contribution in [1.29, 1.82) is 0 Å². The molecule has 0 unspecified atom stereocenters. The molecule has 0 aliphatic rings. The van der Waals surface area contributed by atoms with Gasteiger partial charge >= 0.3 is 5.97 Å². The van der Waals surface area contributed by atoms with Crippen LogP contribution in [0.2, 0.25) is 0 Å². The molecule has 2 aromatic rings. The van der Waals surface area contributed by atoms with Gasteiger partial charge in [0.1, 0.15) is 5.69 Å². The second kappa shape index (κ2) is 6.93. The molecule has 2 heterocycles. The molecule has 0 atom stereocenters. The number of anilines is 1. The monoisotopic (exact) mass is 361 g/mol. The summed E-state index contributed by atoms with van der Waals surface area (Å²) in [7, 11) is 1.74. The molecular weight excluding hydrogens is 334 g/mol. The molecule has 2 aromatic heterocycles. The smallest absolute Gasteiger partial charge is 0.313 e. The van der Waals surface area contributed by atoms with Crippen LogP contribution in [0, 0.1) is 5.41 Å². The molecule has 0 spiro atoms. The van der Waals surface area contributed by atoms with E-state index < -0.39 is 5.41 Å². The Labute approximate surface area is 153 Å². The van der Waals surface area contributed by atoms with Gasteiger partial charge in [0.15, 0.2) is 6.73 Å². The predicted molar refractivity (Wildman–Crippen MR) is 97.6 cm³/mol. The molecule has 0 saturated heterocycles. The van der Waals surface area contributed by atoms with Crippen molar-refractivity contribution >= 4 is 17.6 Å². The third-order valence-corrected chi connectivity index (χ3v) is 3.71. The molecule has 0 fully saturated rings. The third-order valence-electron chi connectivity index (χ3n) is 3.71. The van der Waals surface area contributed by atoms with Crippen molar-refractivity contribution < 1.29 is 14.3 Å². The minimum Gasteiger partial charge on any atom is -0.442 e. The van der Waals surface area contributed by atoms with E-state index in [1.165, 1.54) is 10.9 Å². The Morgan fingerprint density at radius 3 is 2.38 bits per heavy atom. The molecule has 0 aliphatic heterocycles. The molecule has 0 bridgehead atoms. The van der Waals surface area contributed by atoms with E-state index >= 15 is 0 Å². The van der Waals surface area contributed by atoms with Crippen LogP contribution in [0.3, 0.4) is 0 Å². The number of amides is 1. The SMILES string of the molecule is Cn1nc(C(C)(C)C)cc1C(=O)Nc1cnn(COC(=O)C(C)(C)C)c1. The number of rotatable bonds is 4. The third kappa shape index (κ3) is 4.71. The van der Waals surface area contributed by atoms with E-state index in [2.05, 4.69) is 15.5 Å². The van der Waals surface area contributed by atoms with Crippen LogP contribution < -0.4 is 5.32 Å². The average molecular weight is 361 g/mol. The molecular formula is C18H27N5O3. The Kier molecular flexibility index (Phi) is 5.25. The molecule has 0 aliphatic carbocycles. The van der Waals surface area contributed by atoms with Crippen LogP contribution >= 0.6 is 0 Å². The number of nitrogens with zero attached hydrogens (tertiary/aromatic N) is 4. The highest BCUT2D eigenvalue weighted by molar-refractivity contribution is 6.03. The number of carbonyl (C=O) groups is 2. The maximum Gasteiger partial charge on any atom is 0.313 e. The number of nitrogens with one attached hydrogen (secondary N) is 1. The molecule has 0 saturated carbocycles. The zero-order valence-electron chi connectivity index (χ0n) is 16.5. The van der Waals surface area contributed by atoms with Gasteiger partial charge in [-0.05, 0) is 26.8 Å². The fourth-order valence-corrected chi connectivity index (χ4v) is 2.08. The number of carbonyl (C=O) groups excluding carboxylic acids is 2. The van der Waals surface area contributed by atoms with Gasteiger partial charge in [-0.1, -0.05) is 20.8 Å². The number of aromatic nitrogens is 4. The molecule has 8 nitrogen and oxygen atoms in total. The Balaban J connectivity index is 2.02. The summed E-state index contributed by atoms with van der Waals surface area (Å²) in [5, 5.41) is 11.3. The summed E-state index contributed by atoms with van der Waals surface area (Å²) in [5.74, 6) is -0.593. The van der Waals surface area contributed by atoms with Crippen LogP contribution in [0.4, 0.5) is 5.69 Å². The Bertz CT molecular complexity index is 806. The predicted octanol–water partition coefficient (Wildman–Crippen LogP) is 2.71. The lowest BCUT2D eigenvalue weighted by Crippen LogP contribution is -2.24. The maximum absolute atomic E-state index is 12.5. The number of hydrogen-bond acceptors (Lipinski definition) is 5. The minimum atomic E-state index is -0.575. The summed E-state index contributed by atoms with van der Waals surface area (Å²) in [6.45, 7) is 11.5. The van der Waals surface area contributed by atoms with E-state index in [1.54, 1.807) is 44.8 Å². The van der Waals surface area contributed by atoms with Crippen LogP contribution in [-0.4, -0.2) is 31.4 Å². The largest absolute Gasteiger partial charge is 0.442 e. The normalized spacial score (nSPS) is 12.1. The van der Waals surface area contributed by atoms with E-state index in [0.29, 0.717) is 11.4 Å². The van der Waals surface area contributed by atoms with Gasteiger partial charge in [0.2, 0.25) is 0 Å². The molecule has 26 heavy (non-hydrogen) atoms. The Morgan fingerprint density at radius 1 is 1.19 bits per heavy atom. The molecule has 8 heteroatoms. The average Bonchev–Trinajstić information content (AvgIpc) is 3.09. The first kappa shape index (κ1) is 19.7. The van der Waals surface area contributed by atoms with Crippen molar-refractivity contribution in [3.63, 3.8) is 0 Å². The maximum atomic E-state index is 12.5. The summed E-state index contributed by atoms with van der Waals surface area (Å²) in [5.41, 5.74) is 1.10. The topological polar surface area (TPSA) is 91.0 Å². The fraction of sp³-hybridized carbons (Fsp3) is 0.556. The van der Waals surface area contributed by atoms with Crippen LogP contribution in [0.5, 0.6) is 0 Å². The molecule has 0 radical (unpaired) electrons. The van der Waals surface area contributed by atoms with Crippen molar-refractivity contribution in [3.8, 4) is 0 Å². The second-order valence-corrected chi connectivity index (χ2v) is 8.32. The summed E-state index contributed by atoms with van der Waals surface area (Å²) >= 11 is 0. The van der Waals surface area contributed by atoms with Gasteiger partial charge in [-0.2, -0.15) is 10.2 Å². The summed E-state index contributed by atoms with van der Waals surface area (Å²) in [6.07, 6.45) is 3.11. The number of hydrogen-bond donors (Lipinski definition) is 1. The number of ether oxygens (including phenoxy) is 1. The van der Waals surface area contributed by atoms with E-state index in [0.717, 1.165) is 5.69 Å². The lowest BCUT2D eigenvalue weighted by molar-refractivity contribution is -0.157. The lowest BCUT2D eigenvalue weighted by atomic mass is 9.92. The summed E-state index contributed by atoms with van der Waals surface area (Å²) < 4.78 is 8.20. The van der Waals surface area contributed by atoms with Gasteiger partial charge in [-0.15, -0.1) is 0 Å². The summed E-state index contributed by atoms with van der Waals surface area (Å²) in [4.78, 5) is 24.3. The van der Waals surface area contributed by atoms with Gasteiger partial charge < -0.3 is 10.1 Å². The lowest BCUT2D eigenvalue weighted by Gasteiger charge is -2.16. The molecule has 142 valence electrons. The Hall–Kier alpha value is -2.64. The summed E-state index contributed by atoms with van der Waals surface area (Å²) in [6, 6.07) is 1.78. The fourth-order valence-electron chi connectivity index (χ4n) is 2.08. The van der Waals surface area contributed by atoms with Gasteiger partial charge in [0, 0.05) is 12.5 Å². The Morgan fingerprint density at radius 2 is 1.85 bits per heavy atom. The van der Waals surface area contributed by atoms with E-state index in [9.17, 15) is 9.59 Å². The highest BCUT2D eigenvalue weighted by atomic mass is 16.5. The van der Waals surface area contributed by atoms with E-state index in [1.807, 2.05) is 20.8 Å². The first-order chi connectivity index (χ1) is 11.9. The minimum absolute atomic E-state index is 0.00808. The molecule has 0 aromatic carbocycles. The van der Waals surface area contributed by atoms with Gasteiger partial charge in [0.05, 0.1) is 29.2 Å². The molecule has 2 rings (SSSR count). The number of aryl methyl sites for hydroxylation is 1. The van der Waals surface area contributed by atoms with Crippen molar-refractivity contribution in [2.24, 2.45) is 12.5 Å². The zero-order chi connectivity index (χ0) is 19.7. The molecule has 1 amide bonds. The zero-order valence-corrected chi connectivity index (χ0v) is 16.5. The van der Waals surface area contributed by atoms with E-state index in [4.69, 9.17) is 4.74 Å². The van der Waals surface area contributed by atoms with Gasteiger partial charge in [-0.3, -0.25) is 14.3 Å². The second-order valence-electron chi connectivity index (χ2n) is 8.32. The van der Waals surface area contributed by atoms with Crippen molar-refractivity contribution in [3.05, 3.63) is 29.8 Å². The standard InChI is InChI=1S/C18H27N5O3/c1-17(2,3)14-8-13(22(7)21-14)15(24)20-12-9-19-23(10-12)11-26-16(25)18(4,5)6/h8-10H,11H2,1-7H3,(H,20,24). The van der Waals surface area contributed by atoms with Crippen LogP contribution in [0.15, 0.2) is 18.5 Å². The first-order valence-electron chi connectivity index (χ1n) is 8.43. The van der Waals surface area contributed by atoms with Crippen molar-refractivity contribution in [1.82, 2.24) is 19.6 Å². The number of esters is 1. The van der Waals surface area contributed by atoms with Gasteiger partial charge in [0.25, 0.3) is 5.91 Å². The van der Waals surface area contributed by atoms with Crippen LogP contribution in [0.1, 0.15) is 57.7 Å². The van der Waals surface area contributed by atoms with Crippen molar-refractivity contribution in [2.75, 3.05) is 5.32 Å². The molecule has 1 N–H and O–H groups in total. The van der Waals surface area contributed by atoms with Crippen LogP contribution in [0.25, 0.3) is 0 Å². The highest BCUT2D eigenvalue weighted by Gasteiger charge is 2.24. The van der Waals surface area contributed by atoms with Gasteiger partial charge in [-0.25, -0.2) is 4.68 Å². The van der Waals surface area contributed by atoms with Crippen molar-refractivity contribution in [2.45, 2.75) is 53.7 Å². The quantitative estimate of drug-likeness (QED) is 0.846. The first-order valence-corrected chi connectivity index (χ1v) is 8.43.